The molecular formula is C10H18N2O. The summed E-state index contributed by atoms with van der Waals surface area (Å²) in [6.07, 6.45) is 5.17. The highest BCUT2D eigenvalue weighted by Gasteiger charge is 2.41. The van der Waals surface area contributed by atoms with E-state index >= 15 is 0 Å². The van der Waals surface area contributed by atoms with Gasteiger partial charge in [-0.05, 0) is 31.7 Å². The number of rotatable bonds is 2. The molecule has 1 saturated heterocycles. The lowest BCUT2D eigenvalue weighted by molar-refractivity contribution is -0.119. The van der Waals surface area contributed by atoms with E-state index in [-0.39, 0.29) is 11.4 Å². The van der Waals surface area contributed by atoms with E-state index < -0.39 is 0 Å². The lowest BCUT2D eigenvalue weighted by atomic mass is 9.80. The van der Waals surface area contributed by atoms with Gasteiger partial charge in [0.15, 0.2) is 0 Å². The first-order valence-corrected chi connectivity index (χ1v) is 5.20. The minimum atomic E-state index is 0.0881. The highest BCUT2D eigenvalue weighted by atomic mass is 16.1. The van der Waals surface area contributed by atoms with Crippen LogP contribution in [0.25, 0.3) is 0 Å². The molecule has 2 rings (SSSR count). The van der Waals surface area contributed by atoms with Crippen LogP contribution in [0, 0.1) is 5.92 Å². The topological polar surface area (TPSA) is 41.1 Å². The van der Waals surface area contributed by atoms with Gasteiger partial charge < -0.3 is 10.6 Å². The molecule has 2 fully saturated rings. The van der Waals surface area contributed by atoms with E-state index in [0.29, 0.717) is 0 Å². The predicted octanol–water partition coefficient (Wildman–Crippen LogP) is 0.655. The molecule has 1 aliphatic carbocycles. The van der Waals surface area contributed by atoms with Gasteiger partial charge >= 0.3 is 0 Å². The van der Waals surface area contributed by atoms with Gasteiger partial charge in [-0.3, -0.25) is 4.79 Å². The Kier molecular flexibility index (Phi) is 2.28. The van der Waals surface area contributed by atoms with Crippen molar-refractivity contribution in [2.75, 3.05) is 13.1 Å². The molecule has 0 aromatic rings. The SMILES string of the molecule is CC(=O)NCC12CCCC(CN1)C2. The smallest absolute Gasteiger partial charge is 0.216 e. The highest BCUT2D eigenvalue weighted by molar-refractivity contribution is 5.72. The monoisotopic (exact) mass is 182 g/mol. The van der Waals surface area contributed by atoms with E-state index in [1.54, 1.807) is 6.92 Å². The summed E-state index contributed by atoms with van der Waals surface area (Å²) in [7, 11) is 0. The summed E-state index contributed by atoms with van der Waals surface area (Å²) < 4.78 is 0. The molecule has 1 saturated carbocycles. The van der Waals surface area contributed by atoms with Crippen LogP contribution in [0.3, 0.4) is 0 Å². The average molecular weight is 182 g/mol. The molecule has 13 heavy (non-hydrogen) atoms. The van der Waals surface area contributed by atoms with Crippen molar-refractivity contribution in [1.82, 2.24) is 10.6 Å². The van der Waals surface area contributed by atoms with Crippen molar-refractivity contribution in [3.63, 3.8) is 0 Å². The molecular weight excluding hydrogens is 164 g/mol. The number of nitrogens with one attached hydrogen (secondary N) is 2. The molecule has 1 heterocycles. The van der Waals surface area contributed by atoms with Crippen LogP contribution in [0.4, 0.5) is 0 Å². The van der Waals surface area contributed by atoms with Gasteiger partial charge in [-0.15, -0.1) is 0 Å². The molecule has 0 radical (unpaired) electrons. The molecule has 2 atom stereocenters. The fourth-order valence-corrected chi connectivity index (χ4v) is 2.70. The Hall–Kier alpha value is -0.570. The fraction of sp³-hybridized carbons (Fsp3) is 0.900. The molecule has 0 aromatic carbocycles. The molecule has 0 spiro atoms. The van der Waals surface area contributed by atoms with E-state index in [9.17, 15) is 4.79 Å². The normalized spacial score (nSPS) is 37.5. The summed E-state index contributed by atoms with van der Waals surface area (Å²) >= 11 is 0. The lowest BCUT2D eigenvalue weighted by Gasteiger charge is -2.32. The summed E-state index contributed by atoms with van der Waals surface area (Å²) in [5, 5.41) is 6.50. The highest BCUT2D eigenvalue weighted by Crippen LogP contribution is 2.36. The van der Waals surface area contributed by atoms with Crippen molar-refractivity contribution < 1.29 is 4.79 Å². The van der Waals surface area contributed by atoms with Crippen LogP contribution < -0.4 is 10.6 Å². The Labute approximate surface area is 79.3 Å². The maximum atomic E-state index is 10.8. The molecule has 2 unspecified atom stereocenters. The minimum absolute atomic E-state index is 0.0881. The molecule has 3 nitrogen and oxygen atoms in total. The number of carbonyl (C=O) groups is 1. The van der Waals surface area contributed by atoms with Gasteiger partial charge in [0, 0.05) is 19.0 Å². The fourth-order valence-electron chi connectivity index (χ4n) is 2.70. The van der Waals surface area contributed by atoms with E-state index in [2.05, 4.69) is 10.6 Å². The Morgan fingerprint density at radius 3 is 3.31 bits per heavy atom. The number of hydrogen-bond donors (Lipinski definition) is 2. The van der Waals surface area contributed by atoms with Crippen molar-refractivity contribution in [3.8, 4) is 0 Å². The Morgan fingerprint density at radius 1 is 1.69 bits per heavy atom. The van der Waals surface area contributed by atoms with E-state index in [1.165, 1.54) is 25.7 Å². The number of fused-ring (bicyclic) bond motifs is 2. The molecule has 2 aliphatic rings. The second kappa shape index (κ2) is 3.29. The molecule has 74 valence electrons. The van der Waals surface area contributed by atoms with Crippen molar-refractivity contribution in [2.24, 2.45) is 5.92 Å². The molecule has 3 heteroatoms. The van der Waals surface area contributed by atoms with Crippen LogP contribution in [0.1, 0.15) is 32.6 Å². The van der Waals surface area contributed by atoms with E-state index in [1.807, 2.05) is 0 Å². The quantitative estimate of drug-likeness (QED) is 0.658. The van der Waals surface area contributed by atoms with Gasteiger partial charge in [0.05, 0.1) is 0 Å². The first kappa shape index (κ1) is 9.00. The zero-order valence-corrected chi connectivity index (χ0v) is 8.23. The van der Waals surface area contributed by atoms with Crippen molar-refractivity contribution in [3.05, 3.63) is 0 Å². The maximum absolute atomic E-state index is 10.8. The molecule has 2 bridgehead atoms. The van der Waals surface area contributed by atoms with Crippen LogP contribution in [0.5, 0.6) is 0 Å². The minimum Gasteiger partial charge on any atom is -0.354 e. The Morgan fingerprint density at radius 2 is 2.54 bits per heavy atom. The van der Waals surface area contributed by atoms with Gasteiger partial charge in [-0.1, -0.05) is 6.42 Å². The van der Waals surface area contributed by atoms with Gasteiger partial charge in [0.25, 0.3) is 0 Å². The van der Waals surface area contributed by atoms with Crippen LogP contribution >= 0.6 is 0 Å². The third-order valence-electron chi connectivity index (χ3n) is 3.39. The zero-order chi connectivity index (χ0) is 9.31. The molecule has 1 aliphatic heterocycles. The predicted molar refractivity (Wildman–Crippen MR) is 51.4 cm³/mol. The lowest BCUT2D eigenvalue weighted by Crippen LogP contribution is -2.49. The second-order valence-corrected chi connectivity index (χ2v) is 4.53. The van der Waals surface area contributed by atoms with Crippen molar-refractivity contribution in [1.29, 1.82) is 0 Å². The Balaban J connectivity index is 1.92. The number of hydrogen-bond acceptors (Lipinski definition) is 2. The molecule has 1 amide bonds. The molecule has 2 N–H and O–H groups in total. The van der Waals surface area contributed by atoms with Crippen LogP contribution in [0.15, 0.2) is 0 Å². The summed E-state index contributed by atoms with van der Waals surface area (Å²) in [6, 6.07) is 0. The van der Waals surface area contributed by atoms with Gasteiger partial charge in [-0.25, -0.2) is 0 Å². The summed E-state index contributed by atoms with van der Waals surface area (Å²) in [5.41, 5.74) is 0.245. The second-order valence-electron chi connectivity index (χ2n) is 4.53. The molecule has 0 aromatic heterocycles. The van der Waals surface area contributed by atoms with Gasteiger partial charge in [0.1, 0.15) is 0 Å². The van der Waals surface area contributed by atoms with Crippen molar-refractivity contribution >= 4 is 5.91 Å². The number of amides is 1. The Bertz CT molecular complexity index is 213. The van der Waals surface area contributed by atoms with E-state index in [4.69, 9.17) is 0 Å². The van der Waals surface area contributed by atoms with Crippen LogP contribution in [0.2, 0.25) is 0 Å². The number of carbonyl (C=O) groups excluding carboxylic acids is 1. The first-order valence-electron chi connectivity index (χ1n) is 5.20. The largest absolute Gasteiger partial charge is 0.354 e. The summed E-state index contributed by atoms with van der Waals surface area (Å²) in [4.78, 5) is 10.8. The first-order chi connectivity index (χ1) is 6.20. The zero-order valence-electron chi connectivity index (χ0n) is 8.23. The maximum Gasteiger partial charge on any atom is 0.216 e. The average Bonchev–Trinajstić information content (AvgIpc) is 2.40. The third-order valence-corrected chi connectivity index (χ3v) is 3.39. The standard InChI is InChI=1S/C10H18N2O/c1-8(13)11-7-10-4-2-3-9(5-10)6-12-10/h9,12H,2-7H2,1H3,(H,11,13). The van der Waals surface area contributed by atoms with Gasteiger partial charge in [0.2, 0.25) is 5.91 Å². The van der Waals surface area contributed by atoms with Crippen molar-refractivity contribution in [2.45, 2.75) is 38.1 Å². The summed E-state index contributed by atoms with van der Waals surface area (Å²) in [5.74, 6) is 0.952. The van der Waals surface area contributed by atoms with E-state index in [0.717, 1.165) is 19.0 Å². The van der Waals surface area contributed by atoms with Crippen LogP contribution in [-0.2, 0) is 4.79 Å². The third kappa shape index (κ3) is 1.85. The summed E-state index contributed by atoms with van der Waals surface area (Å²) in [6.45, 7) is 3.56. The van der Waals surface area contributed by atoms with Crippen LogP contribution in [-0.4, -0.2) is 24.5 Å². The van der Waals surface area contributed by atoms with Gasteiger partial charge in [-0.2, -0.15) is 0 Å².